The van der Waals surface area contributed by atoms with Crippen LogP contribution in [0.2, 0.25) is 0 Å². The van der Waals surface area contributed by atoms with E-state index in [1.807, 2.05) is 11.5 Å². The van der Waals surface area contributed by atoms with Gasteiger partial charge in [-0.2, -0.15) is 0 Å². The summed E-state index contributed by atoms with van der Waals surface area (Å²) in [5.41, 5.74) is 2.90. The van der Waals surface area contributed by atoms with Crippen molar-refractivity contribution >= 4 is 5.97 Å². The van der Waals surface area contributed by atoms with Crippen molar-refractivity contribution in [1.29, 1.82) is 0 Å². The minimum absolute atomic E-state index is 0.147. The standard InChI is InChI=1S/C16H17FN2O2/c1-10-18-14-4-2-3-5-15(14)19(10)9-11-8-12(17)6-7-13(11)16(20)21/h6-8H,2-5,9H2,1H3,(H,20,21). The molecule has 0 saturated carbocycles. The highest BCUT2D eigenvalue weighted by Gasteiger charge is 2.20. The molecule has 1 aliphatic carbocycles. The number of benzene rings is 1. The van der Waals surface area contributed by atoms with E-state index in [0.29, 0.717) is 12.1 Å². The number of carboxylic acids is 1. The monoisotopic (exact) mass is 288 g/mol. The Morgan fingerprint density at radius 1 is 1.38 bits per heavy atom. The van der Waals surface area contributed by atoms with E-state index >= 15 is 0 Å². The summed E-state index contributed by atoms with van der Waals surface area (Å²) in [6, 6.07) is 3.81. The average molecular weight is 288 g/mol. The largest absolute Gasteiger partial charge is 0.478 e. The number of aryl methyl sites for hydroxylation is 2. The third-order valence-electron chi connectivity index (χ3n) is 4.05. The van der Waals surface area contributed by atoms with Gasteiger partial charge >= 0.3 is 5.97 Å². The maximum atomic E-state index is 13.5. The van der Waals surface area contributed by atoms with Crippen LogP contribution in [0.5, 0.6) is 0 Å². The number of fused-ring (bicyclic) bond motifs is 1. The molecule has 2 aromatic rings. The zero-order chi connectivity index (χ0) is 15.0. The first-order chi connectivity index (χ1) is 10.1. The molecule has 5 heteroatoms. The number of aromatic nitrogens is 2. The van der Waals surface area contributed by atoms with Crippen LogP contribution in [0.4, 0.5) is 4.39 Å². The maximum absolute atomic E-state index is 13.5. The van der Waals surface area contributed by atoms with Crippen molar-refractivity contribution in [1.82, 2.24) is 9.55 Å². The van der Waals surface area contributed by atoms with E-state index < -0.39 is 11.8 Å². The van der Waals surface area contributed by atoms with Gasteiger partial charge in [-0.1, -0.05) is 0 Å². The van der Waals surface area contributed by atoms with Gasteiger partial charge < -0.3 is 9.67 Å². The topological polar surface area (TPSA) is 55.1 Å². The molecule has 0 saturated heterocycles. The molecule has 1 aromatic carbocycles. The summed E-state index contributed by atoms with van der Waals surface area (Å²) in [4.78, 5) is 15.9. The van der Waals surface area contributed by atoms with Crippen LogP contribution in [0.25, 0.3) is 0 Å². The Labute approximate surface area is 122 Å². The Morgan fingerprint density at radius 3 is 2.90 bits per heavy atom. The lowest BCUT2D eigenvalue weighted by atomic mass is 10.0. The molecule has 110 valence electrons. The number of hydrogen-bond acceptors (Lipinski definition) is 2. The van der Waals surface area contributed by atoms with Crippen molar-refractivity contribution in [2.75, 3.05) is 0 Å². The molecule has 1 N–H and O–H groups in total. The molecule has 0 aliphatic heterocycles. The van der Waals surface area contributed by atoms with Gasteiger partial charge in [-0.05, 0) is 56.4 Å². The van der Waals surface area contributed by atoms with Crippen molar-refractivity contribution in [2.45, 2.75) is 39.2 Å². The molecular formula is C16H17FN2O2. The second-order valence-electron chi connectivity index (χ2n) is 5.45. The van der Waals surface area contributed by atoms with Gasteiger partial charge in [0.1, 0.15) is 11.6 Å². The van der Waals surface area contributed by atoms with Crippen LogP contribution in [0.3, 0.4) is 0 Å². The summed E-state index contributed by atoms with van der Waals surface area (Å²) in [6.45, 7) is 2.27. The minimum atomic E-state index is -1.03. The normalized spacial score (nSPS) is 14.0. The van der Waals surface area contributed by atoms with E-state index in [-0.39, 0.29) is 5.56 Å². The van der Waals surface area contributed by atoms with Crippen LogP contribution in [-0.4, -0.2) is 20.6 Å². The average Bonchev–Trinajstić information content (AvgIpc) is 2.75. The fourth-order valence-corrected chi connectivity index (χ4v) is 3.02. The molecule has 1 heterocycles. The fraction of sp³-hybridized carbons (Fsp3) is 0.375. The lowest BCUT2D eigenvalue weighted by Crippen LogP contribution is -2.13. The van der Waals surface area contributed by atoms with Crippen LogP contribution < -0.4 is 0 Å². The van der Waals surface area contributed by atoms with Crippen molar-refractivity contribution in [3.8, 4) is 0 Å². The highest BCUT2D eigenvalue weighted by molar-refractivity contribution is 5.89. The molecule has 1 aliphatic rings. The summed E-state index contributed by atoms with van der Waals surface area (Å²) >= 11 is 0. The lowest BCUT2D eigenvalue weighted by molar-refractivity contribution is 0.0695. The Balaban J connectivity index is 2.03. The van der Waals surface area contributed by atoms with Gasteiger partial charge in [-0.15, -0.1) is 0 Å². The quantitative estimate of drug-likeness (QED) is 0.944. The van der Waals surface area contributed by atoms with Gasteiger partial charge in [0.15, 0.2) is 0 Å². The Hall–Kier alpha value is -2.17. The second-order valence-corrected chi connectivity index (χ2v) is 5.45. The van der Waals surface area contributed by atoms with Gasteiger partial charge in [-0.25, -0.2) is 14.2 Å². The van der Waals surface area contributed by atoms with E-state index in [4.69, 9.17) is 0 Å². The van der Waals surface area contributed by atoms with Gasteiger partial charge in [0.05, 0.1) is 11.3 Å². The summed E-state index contributed by atoms with van der Waals surface area (Å²) < 4.78 is 15.5. The van der Waals surface area contributed by atoms with Crippen molar-refractivity contribution in [3.63, 3.8) is 0 Å². The number of rotatable bonds is 3. The number of hydrogen-bond donors (Lipinski definition) is 1. The van der Waals surface area contributed by atoms with Crippen LogP contribution in [0.15, 0.2) is 18.2 Å². The number of carbonyl (C=O) groups is 1. The molecule has 0 spiro atoms. The van der Waals surface area contributed by atoms with Crippen LogP contribution in [0.1, 0.15) is 46.0 Å². The second kappa shape index (κ2) is 5.31. The molecule has 0 bridgehead atoms. The molecule has 0 fully saturated rings. The SMILES string of the molecule is Cc1nc2c(n1Cc1cc(F)ccc1C(=O)O)CCCC2. The van der Waals surface area contributed by atoms with E-state index in [1.165, 1.54) is 23.9 Å². The zero-order valence-electron chi connectivity index (χ0n) is 11.9. The molecule has 21 heavy (non-hydrogen) atoms. The Bertz CT molecular complexity index is 707. The molecule has 0 unspecified atom stereocenters. The third-order valence-corrected chi connectivity index (χ3v) is 4.05. The predicted octanol–water partition coefficient (Wildman–Crippen LogP) is 2.96. The highest BCUT2D eigenvalue weighted by Crippen LogP contribution is 2.24. The fourth-order valence-electron chi connectivity index (χ4n) is 3.02. The molecule has 0 radical (unpaired) electrons. The molecule has 0 amide bonds. The van der Waals surface area contributed by atoms with E-state index in [9.17, 15) is 14.3 Å². The first-order valence-corrected chi connectivity index (χ1v) is 7.13. The minimum Gasteiger partial charge on any atom is -0.478 e. The highest BCUT2D eigenvalue weighted by atomic mass is 19.1. The maximum Gasteiger partial charge on any atom is 0.336 e. The van der Waals surface area contributed by atoms with Gasteiger partial charge in [0, 0.05) is 12.2 Å². The molecule has 1 aromatic heterocycles. The summed E-state index contributed by atoms with van der Waals surface area (Å²) in [5.74, 6) is -0.583. The molecule has 4 nitrogen and oxygen atoms in total. The van der Waals surface area contributed by atoms with Gasteiger partial charge in [0.2, 0.25) is 0 Å². The van der Waals surface area contributed by atoms with Crippen LogP contribution in [-0.2, 0) is 19.4 Å². The van der Waals surface area contributed by atoms with E-state index in [0.717, 1.165) is 37.2 Å². The first-order valence-electron chi connectivity index (χ1n) is 7.13. The first kappa shape index (κ1) is 13.8. The zero-order valence-corrected chi connectivity index (χ0v) is 11.9. The summed E-state index contributed by atoms with van der Waals surface area (Å²) in [7, 11) is 0. The third kappa shape index (κ3) is 2.55. The number of aromatic carboxylic acids is 1. The van der Waals surface area contributed by atoms with Gasteiger partial charge in [0.25, 0.3) is 0 Å². The van der Waals surface area contributed by atoms with Crippen LogP contribution >= 0.6 is 0 Å². The number of imidazole rings is 1. The van der Waals surface area contributed by atoms with Crippen molar-refractivity contribution in [3.05, 3.63) is 52.4 Å². The van der Waals surface area contributed by atoms with E-state index in [2.05, 4.69) is 4.98 Å². The predicted molar refractivity (Wildman–Crippen MR) is 76.1 cm³/mol. The Morgan fingerprint density at radius 2 is 2.14 bits per heavy atom. The lowest BCUT2D eigenvalue weighted by Gasteiger charge is -2.16. The Kier molecular flexibility index (Phi) is 3.49. The van der Waals surface area contributed by atoms with Gasteiger partial charge in [-0.3, -0.25) is 0 Å². The smallest absolute Gasteiger partial charge is 0.336 e. The van der Waals surface area contributed by atoms with Crippen molar-refractivity contribution in [2.24, 2.45) is 0 Å². The van der Waals surface area contributed by atoms with E-state index in [1.54, 1.807) is 0 Å². The molecule has 0 atom stereocenters. The van der Waals surface area contributed by atoms with Crippen LogP contribution in [0, 0.1) is 12.7 Å². The summed E-state index contributed by atoms with van der Waals surface area (Å²) in [5, 5.41) is 9.25. The number of halogens is 1. The molecule has 3 rings (SSSR count). The summed E-state index contributed by atoms with van der Waals surface area (Å²) in [6.07, 6.45) is 4.18. The molecular weight excluding hydrogens is 271 g/mol. The number of nitrogens with zero attached hydrogens (tertiary/aromatic N) is 2. The van der Waals surface area contributed by atoms with Crippen molar-refractivity contribution < 1.29 is 14.3 Å². The number of carboxylic acid groups (broad SMARTS) is 1.